The molecule has 222 valence electrons. The molecule has 1 aliphatic heterocycles. The fraction of sp³-hybridized carbons (Fsp3) is 0.400. The lowest BCUT2D eigenvalue weighted by Crippen LogP contribution is -2.37. The molecule has 2 aliphatic rings. The molecule has 5 rings (SSSR count). The van der Waals surface area contributed by atoms with Crippen molar-refractivity contribution in [2.45, 2.75) is 25.3 Å². The van der Waals surface area contributed by atoms with Gasteiger partial charge in [0.15, 0.2) is 5.78 Å². The maximum atomic E-state index is 12.4. The normalized spacial score (nSPS) is 18.1. The van der Waals surface area contributed by atoms with Crippen LogP contribution in [0.1, 0.15) is 19.3 Å². The predicted octanol–water partition coefficient (Wildman–Crippen LogP) is 5.64. The fourth-order valence-corrected chi connectivity index (χ4v) is 5.95. The predicted molar refractivity (Wildman–Crippen MR) is 166 cm³/mol. The second-order valence-electron chi connectivity index (χ2n) is 10.6. The van der Waals surface area contributed by atoms with Crippen LogP contribution in [0.2, 0.25) is 10.0 Å². The molecule has 2 atom stereocenters. The molecule has 3 N–H and O–H groups in total. The van der Waals surface area contributed by atoms with Crippen LogP contribution < -0.4 is 25.4 Å². The number of rotatable bonds is 11. The molecule has 42 heavy (non-hydrogen) atoms. The number of amides is 2. The second kappa shape index (κ2) is 12.6. The molecule has 1 saturated carbocycles. The first-order valence-corrected chi connectivity index (χ1v) is 14.5. The van der Waals surface area contributed by atoms with Crippen LogP contribution in [0.25, 0.3) is 22.0 Å². The van der Waals surface area contributed by atoms with E-state index < -0.39 is 0 Å². The highest BCUT2D eigenvalue weighted by molar-refractivity contribution is 6.41. The Bertz CT molecular complexity index is 1500. The minimum atomic E-state index is -0.184. The Morgan fingerprint density at radius 2 is 1.83 bits per heavy atom. The summed E-state index contributed by atoms with van der Waals surface area (Å²) in [5, 5.41) is 12.0. The topological polar surface area (TPSA) is 118 Å². The van der Waals surface area contributed by atoms with E-state index >= 15 is 0 Å². The molecule has 3 aromatic rings. The zero-order chi connectivity index (χ0) is 30.0. The number of aromatic nitrogens is 2. The Morgan fingerprint density at radius 1 is 1.12 bits per heavy atom. The molecule has 0 radical (unpaired) electrons. The number of ether oxygens (including phenoxy) is 2. The summed E-state index contributed by atoms with van der Waals surface area (Å²) in [5.74, 6) is 2.58. The first-order valence-electron chi connectivity index (χ1n) is 13.8. The van der Waals surface area contributed by atoms with Crippen molar-refractivity contribution >= 4 is 57.4 Å². The highest BCUT2D eigenvalue weighted by Gasteiger charge is 2.36. The lowest BCUT2D eigenvalue weighted by Gasteiger charge is -2.20. The standard InChI is InChI=1S/C30H34Cl2N6O4/c1-5-19(39)8-18-14-38(30(40)33-2)15-22(18)36-25-10-20-17(13-34-25)9-21(37-29(20)35-12-16-6-7-16)26-27(31)23(41-3)11-24(42-4)28(26)32/h5,9-11,13,16,18,22H,1,6-8,12,14-15H2,2-4H3,(H,33,40)(H,34,36)(H,35,37)/t18-,22+/m0/s1. The molecule has 0 unspecified atom stereocenters. The third kappa shape index (κ3) is 6.19. The first-order chi connectivity index (χ1) is 20.3. The van der Waals surface area contributed by atoms with Crippen molar-refractivity contribution in [3.05, 3.63) is 47.1 Å². The highest BCUT2D eigenvalue weighted by Crippen LogP contribution is 2.46. The molecular formula is C30H34Cl2N6O4. The minimum absolute atomic E-state index is 0.0631. The average molecular weight is 614 g/mol. The Balaban J connectivity index is 1.53. The number of carbonyl (C=O) groups is 2. The number of hydrogen-bond acceptors (Lipinski definition) is 8. The van der Waals surface area contributed by atoms with Crippen LogP contribution in [-0.2, 0) is 4.79 Å². The van der Waals surface area contributed by atoms with Crippen LogP contribution in [0, 0.1) is 11.8 Å². The number of likely N-dealkylation sites (tertiary alicyclic amines) is 1. The molecule has 0 bridgehead atoms. The van der Waals surface area contributed by atoms with Crippen LogP contribution in [0.15, 0.2) is 37.1 Å². The van der Waals surface area contributed by atoms with E-state index in [1.165, 1.54) is 33.1 Å². The molecule has 1 aromatic carbocycles. The molecule has 2 aromatic heterocycles. The molecule has 0 spiro atoms. The number of nitrogens with one attached hydrogen (secondary N) is 3. The van der Waals surface area contributed by atoms with Gasteiger partial charge in [-0.05, 0) is 37.0 Å². The van der Waals surface area contributed by atoms with Crippen LogP contribution in [0.5, 0.6) is 11.5 Å². The average Bonchev–Trinajstić information content (AvgIpc) is 3.75. The lowest BCUT2D eigenvalue weighted by atomic mass is 9.97. The van der Waals surface area contributed by atoms with Crippen molar-refractivity contribution in [2.75, 3.05) is 51.5 Å². The van der Waals surface area contributed by atoms with Crippen molar-refractivity contribution in [1.29, 1.82) is 0 Å². The van der Waals surface area contributed by atoms with Crippen LogP contribution in [-0.4, -0.2) is 73.6 Å². The van der Waals surface area contributed by atoms with Crippen LogP contribution >= 0.6 is 23.2 Å². The molecule has 1 aliphatic carbocycles. The summed E-state index contributed by atoms with van der Waals surface area (Å²) in [6, 6.07) is 5.11. The number of halogens is 2. The summed E-state index contributed by atoms with van der Waals surface area (Å²) in [5.41, 5.74) is 1.05. The van der Waals surface area contributed by atoms with Crippen molar-refractivity contribution < 1.29 is 19.1 Å². The molecule has 2 amide bonds. The fourth-order valence-electron chi connectivity index (χ4n) is 5.26. The first kappa shape index (κ1) is 29.7. The van der Waals surface area contributed by atoms with E-state index in [9.17, 15) is 9.59 Å². The number of urea groups is 1. The number of ketones is 1. The highest BCUT2D eigenvalue weighted by atomic mass is 35.5. The number of carbonyl (C=O) groups excluding carboxylic acids is 2. The van der Waals surface area contributed by atoms with Crippen molar-refractivity contribution in [3.8, 4) is 22.8 Å². The van der Waals surface area contributed by atoms with Gasteiger partial charge in [0.2, 0.25) is 0 Å². The van der Waals surface area contributed by atoms with Crippen LogP contribution in [0.3, 0.4) is 0 Å². The maximum Gasteiger partial charge on any atom is 0.317 e. The van der Waals surface area contributed by atoms with Gasteiger partial charge in [-0.1, -0.05) is 29.8 Å². The molecule has 3 heterocycles. The Hall–Kier alpha value is -3.76. The number of methoxy groups -OCH3 is 2. The number of benzene rings is 1. The van der Waals surface area contributed by atoms with Crippen molar-refractivity contribution in [3.63, 3.8) is 0 Å². The van der Waals surface area contributed by atoms with E-state index in [1.807, 2.05) is 12.1 Å². The van der Waals surface area contributed by atoms with Gasteiger partial charge in [-0.3, -0.25) is 4.79 Å². The molecule has 10 nitrogen and oxygen atoms in total. The Labute approximate surface area is 254 Å². The summed E-state index contributed by atoms with van der Waals surface area (Å²) in [6.07, 6.45) is 5.73. The SMILES string of the molecule is C=CC(=O)C[C@H]1CN(C(=O)NC)C[C@H]1Nc1cc2c(NCC3CC3)nc(-c3c(Cl)c(OC)cc(OC)c3Cl)cc2cn1. The zero-order valence-electron chi connectivity index (χ0n) is 23.8. The quantitative estimate of drug-likeness (QED) is 0.238. The van der Waals surface area contributed by atoms with Gasteiger partial charge >= 0.3 is 6.03 Å². The third-order valence-corrected chi connectivity index (χ3v) is 8.52. The maximum absolute atomic E-state index is 12.4. The second-order valence-corrected chi connectivity index (χ2v) is 11.4. The van der Waals surface area contributed by atoms with Gasteiger partial charge in [0.05, 0.1) is 36.0 Å². The van der Waals surface area contributed by atoms with Gasteiger partial charge in [0, 0.05) is 67.6 Å². The van der Waals surface area contributed by atoms with Gasteiger partial charge < -0.3 is 30.3 Å². The monoisotopic (exact) mass is 612 g/mol. The lowest BCUT2D eigenvalue weighted by molar-refractivity contribution is -0.115. The van der Waals surface area contributed by atoms with Gasteiger partial charge in [-0.15, -0.1) is 0 Å². The van der Waals surface area contributed by atoms with E-state index in [4.69, 9.17) is 37.7 Å². The number of nitrogens with zero attached hydrogens (tertiary/aromatic N) is 3. The van der Waals surface area contributed by atoms with E-state index in [2.05, 4.69) is 27.5 Å². The van der Waals surface area contributed by atoms with E-state index in [-0.39, 0.29) is 30.2 Å². The number of hydrogen-bond donors (Lipinski definition) is 3. The number of pyridine rings is 2. The van der Waals surface area contributed by atoms with Crippen LogP contribution in [0.4, 0.5) is 16.4 Å². The van der Waals surface area contributed by atoms with E-state index in [0.717, 1.165) is 17.3 Å². The van der Waals surface area contributed by atoms with Crippen molar-refractivity contribution in [1.82, 2.24) is 20.2 Å². The van der Waals surface area contributed by atoms with E-state index in [1.54, 1.807) is 24.2 Å². The number of fused-ring (bicyclic) bond motifs is 1. The van der Waals surface area contributed by atoms with Crippen molar-refractivity contribution in [2.24, 2.45) is 11.8 Å². The molecule has 1 saturated heterocycles. The minimum Gasteiger partial charge on any atom is -0.495 e. The Kier molecular flexibility index (Phi) is 8.93. The summed E-state index contributed by atoms with van der Waals surface area (Å²) in [7, 11) is 4.66. The summed E-state index contributed by atoms with van der Waals surface area (Å²) >= 11 is 13.5. The Morgan fingerprint density at radius 3 is 2.45 bits per heavy atom. The largest absolute Gasteiger partial charge is 0.495 e. The van der Waals surface area contributed by atoms with Gasteiger partial charge in [-0.2, -0.15) is 0 Å². The number of allylic oxidation sites excluding steroid dienone is 1. The molecule has 2 fully saturated rings. The van der Waals surface area contributed by atoms with Gasteiger partial charge in [-0.25, -0.2) is 14.8 Å². The third-order valence-electron chi connectivity index (χ3n) is 7.77. The molecular weight excluding hydrogens is 579 g/mol. The summed E-state index contributed by atoms with van der Waals surface area (Å²) in [4.78, 5) is 35.9. The summed E-state index contributed by atoms with van der Waals surface area (Å²) in [6.45, 7) is 5.28. The smallest absolute Gasteiger partial charge is 0.317 e. The zero-order valence-corrected chi connectivity index (χ0v) is 25.3. The number of anilines is 2. The van der Waals surface area contributed by atoms with Gasteiger partial charge in [0.1, 0.15) is 23.1 Å². The summed E-state index contributed by atoms with van der Waals surface area (Å²) < 4.78 is 10.9. The molecule has 12 heteroatoms. The van der Waals surface area contributed by atoms with Gasteiger partial charge in [0.25, 0.3) is 0 Å². The van der Waals surface area contributed by atoms with E-state index in [0.29, 0.717) is 63.4 Å².